The van der Waals surface area contributed by atoms with Crippen LogP contribution < -0.4 is 25.2 Å². The van der Waals surface area contributed by atoms with Gasteiger partial charge in [0.25, 0.3) is 0 Å². The van der Waals surface area contributed by atoms with Crippen LogP contribution >= 0.6 is 0 Å². The molecule has 0 bridgehead atoms. The molecule has 3 saturated heterocycles. The van der Waals surface area contributed by atoms with Gasteiger partial charge in [-0.25, -0.2) is 14.4 Å². The predicted molar refractivity (Wildman–Crippen MR) is 297 cm³/mol. The fourth-order valence-corrected chi connectivity index (χ4v) is 12.1. The van der Waals surface area contributed by atoms with Gasteiger partial charge >= 0.3 is 12.0 Å². The van der Waals surface area contributed by atoms with Crippen LogP contribution in [0, 0.1) is 17.8 Å². The van der Waals surface area contributed by atoms with Crippen LogP contribution in [0.1, 0.15) is 64.5 Å². The van der Waals surface area contributed by atoms with E-state index in [0.717, 1.165) is 27.2 Å². The van der Waals surface area contributed by atoms with Crippen LogP contribution in [0.3, 0.4) is 0 Å². The summed E-state index contributed by atoms with van der Waals surface area (Å²) in [6, 6.07) is 50.9. The third-order valence-corrected chi connectivity index (χ3v) is 15.5. The minimum Gasteiger partial charge on any atom is -0.491 e. The summed E-state index contributed by atoms with van der Waals surface area (Å²) < 4.78 is 20.4. The van der Waals surface area contributed by atoms with Crippen molar-refractivity contribution < 1.29 is 38.5 Å². The van der Waals surface area contributed by atoms with E-state index in [1.54, 1.807) is 47.1 Å². The van der Waals surface area contributed by atoms with Crippen molar-refractivity contribution in [1.29, 1.82) is 0 Å². The Morgan fingerprint density at radius 3 is 2.23 bits per heavy atom. The van der Waals surface area contributed by atoms with E-state index in [9.17, 15) is 5.11 Å². The molecule has 1 spiro atoms. The first kappa shape index (κ1) is 50.7. The molecule has 4 amide bonds. The summed E-state index contributed by atoms with van der Waals surface area (Å²) in [6.45, 7) is 4.13. The molecule has 3 N–H and O–H groups in total. The first-order valence-corrected chi connectivity index (χ1v) is 26.5. The Morgan fingerprint density at radius 1 is 0.797 bits per heavy atom. The van der Waals surface area contributed by atoms with Gasteiger partial charge in [0.15, 0.2) is 0 Å². The number of nitrogens with one attached hydrogen (secondary N) is 2. The lowest BCUT2D eigenvalue weighted by atomic mass is 9.65. The Balaban J connectivity index is 1.10. The van der Waals surface area contributed by atoms with E-state index in [1.165, 1.54) is 0 Å². The number of ether oxygens (including phenoxy) is 3. The number of esters is 1. The van der Waals surface area contributed by atoms with Gasteiger partial charge in [-0.05, 0) is 89.8 Å². The van der Waals surface area contributed by atoms with Gasteiger partial charge < -0.3 is 34.9 Å². The average Bonchev–Trinajstić information content (AvgIpc) is 2.29. The maximum atomic E-state index is 17.0. The molecular formula is C63H56N8O8. The smallest absolute Gasteiger partial charge is 0.329 e. The van der Waals surface area contributed by atoms with Crippen molar-refractivity contribution in [2.75, 3.05) is 54.6 Å². The van der Waals surface area contributed by atoms with E-state index >= 15 is 19.2 Å². The van der Waals surface area contributed by atoms with E-state index < -0.39 is 65.4 Å². The number of nitrogens with zero attached hydrogens (tertiary/aromatic N) is 6. The quantitative estimate of drug-likeness (QED) is 0.0786. The number of imide groups is 1. The molecule has 0 radical (unpaired) electrons. The number of benzene rings is 7. The minimum atomic E-state index is -2.12. The number of fused-ring (bicyclic) bond motifs is 4. The van der Waals surface area contributed by atoms with E-state index in [0.29, 0.717) is 59.9 Å². The lowest BCUT2D eigenvalue weighted by Crippen LogP contribution is -2.55. The van der Waals surface area contributed by atoms with Crippen LogP contribution in [0.15, 0.2) is 182 Å². The Bertz CT molecular complexity index is 3620. The summed E-state index contributed by atoms with van der Waals surface area (Å²) in [4.78, 5) is 69.8. The van der Waals surface area contributed by atoms with Crippen molar-refractivity contribution in [3.8, 4) is 17.6 Å². The zero-order valence-electron chi connectivity index (χ0n) is 43.2. The predicted octanol–water partition coefficient (Wildman–Crippen LogP) is 8.47. The topological polar surface area (TPSA) is 181 Å². The molecule has 0 aliphatic carbocycles. The first-order valence-electron chi connectivity index (χ1n) is 26.5. The molecule has 4 aliphatic heterocycles. The normalized spacial score (nSPS) is 21.9. The Morgan fingerprint density at radius 2 is 1.48 bits per heavy atom. The van der Waals surface area contributed by atoms with Crippen LogP contribution in [0.2, 0.25) is 0 Å². The fraction of sp³-hybridized carbons (Fsp3) is 0.238. The molecule has 7 aromatic carbocycles. The highest BCUT2D eigenvalue weighted by molar-refractivity contribution is 6.25. The van der Waals surface area contributed by atoms with Gasteiger partial charge in [0.2, 0.25) is 11.8 Å². The summed E-state index contributed by atoms with van der Waals surface area (Å²) in [5, 5.41) is 25.2. The number of cyclic esters (lactones) is 1. The van der Waals surface area contributed by atoms with Gasteiger partial charge in [0, 0.05) is 35.6 Å². The van der Waals surface area contributed by atoms with Crippen molar-refractivity contribution in [1.82, 2.24) is 25.2 Å². The highest BCUT2D eigenvalue weighted by Gasteiger charge is 2.76. The average molecular weight is 1050 g/mol. The Hall–Kier alpha value is -9.14. The van der Waals surface area contributed by atoms with Crippen LogP contribution in [-0.4, -0.2) is 94.4 Å². The van der Waals surface area contributed by atoms with Gasteiger partial charge in [-0.2, -0.15) is 0 Å². The van der Waals surface area contributed by atoms with Crippen molar-refractivity contribution in [3.63, 3.8) is 0 Å². The zero-order valence-corrected chi connectivity index (χ0v) is 43.2. The molecule has 5 heterocycles. The second-order valence-corrected chi connectivity index (χ2v) is 20.0. The Labute approximate surface area is 456 Å². The number of carbonyl (C=O) groups is 4. The second kappa shape index (κ2) is 21.7. The van der Waals surface area contributed by atoms with Gasteiger partial charge in [-0.15, -0.1) is 5.10 Å². The second-order valence-electron chi connectivity index (χ2n) is 20.0. The number of hydrogen-bond donors (Lipinski definition) is 3. The number of aliphatic hydroxyl groups is 1. The number of urea groups is 1. The van der Waals surface area contributed by atoms with E-state index in [4.69, 9.17) is 14.2 Å². The molecule has 0 unspecified atom stereocenters. The van der Waals surface area contributed by atoms with Crippen molar-refractivity contribution in [3.05, 3.63) is 215 Å². The number of aliphatic hydroxyl groups excluding tert-OH is 1. The van der Waals surface area contributed by atoms with E-state index in [2.05, 4.69) is 37.7 Å². The van der Waals surface area contributed by atoms with Gasteiger partial charge in [-0.1, -0.05) is 138 Å². The maximum Gasteiger partial charge on any atom is 0.329 e. The summed E-state index contributed by atoms with van der Waals surface area (Å²) in [7, 11) is 0. The number of anilines is 3. The molecular weight excluding hydrogens is 997 g/mol. The molecule has 8 aromatic rings. The number of amides is 4. The summed E-state index contributed by atoms with van der Waals surface area (Å²) in [6.07, 6.45) is -0.959. The molecule has 396 valence electrons. The molecule has 79 heavy (non-hydrogen) atoms. The third kappa shape index (κ3) is 9.21. The molecule has 0 saturated carbocycles. The van der Waals surface area contributed by atoms with Crippen molar-refractivity contribution in [2.24, 2.45) is 5.92 Å². The number of aromatic nitrogens is 3. The molecule has 4 aliphatic rings. The van der Waals surface area contributed by atoms with Crippen LogP contribution in [0.4, 0.5) is 21.9 Å². The minimum absolute atomic E-state index is 0.113. The first-order chi connectivity index (χ1) is 38.7. The highest BCUT2D eigenvalue weighted by Crippen LogP contribution is 2.67. The maximum absolute atomic E-state index is 17.0. The zero-order chi connectivity index (χ0) is 54.0. The van der Waals surface area contributed by atoms with Crippen LogP contribution in [0.25, 0.3) is 11.0 Å². The monoisotopic (exact) mass is 1050 g/mol. The lowest BCUT2D eigenvalue weighted by Gasteiger charge is -2.46. The van der Waals surface area contributed by atoms with E-state index in [-0.39, 0.29) is 31.0 Å². The molecule has 3 fully saturated rings. The number of carbonyl (C=O) groups excluding carboxylic acids is 4. The molecule has 16 nitrogen and oxygen atoms in total. The number of para-hydroxylation sites is 2. The third-order valence-electron chi connectivity index (χ3n) is 15.5. The fourth-order valence-electron chi connectivity index (χ4n) is 12.1. The summed E-state index contributed by atoms with van der Waals surface area (Å²) >= 11 is 0. The van der Waals surface area contributed by atoms with Crippen molar-refractivity contribution >= 4 is 51.9 Å². The van der Waals surface area contributed by atoms with Crippen LogP contribution in [0.5, 0.6) is 5.75 Å². The van der Waals surface area contributed by atoms with Crippen LogP contribution in [-0.2, 0) is 35.8 Å². The van der Waals surface area contributed by atoms with Gasteiger partial charge in [0.1, 0.15) is 42.0 Å². The SMILES string of the molecule is C[C@@H](NC(=O)N1C(=O)[C@@]2(c3cc(C#CCn4nnc5ccccc54)ccc31)[C@H](c1ccccc1OCCO)N1[C@H](c3ccccc3)[C@H](c3ccccc3)OC(=O)[C@H]1[C@@H]2C(=O)Nc1ccc(N2CCOCC2)cc1)c1ccccc1. The molecule has 16 heteroatoms. The lowest BCUT2D eigenvalue weighted by molar-refractivity contribution is -0.177. The summed E-state index contributed by atoms with van der Waals surface area (Å²) in [5.41, 5.74) is 4.35. The standard InChI is InChI=1S/C63H56N8O8/c1-41(43-17-5-2-6-18-43)64-62(76)70-51-32-27-42(16-15-33-69-52-25-13-12-24-50(52)66-67-69)40-49(51)63(61(70)75)54(59(73)65-46-28-30-47(31-29-46)68-34-37-77-38-35-68)56-60(74)79-57(45-21-9-4-10-22-45)55(44-19-7-3-8-20-44)71(56)58(63)48-23-11-14-26-53(48)78-39-36-72/h2-14,17-32,40-41,54-58,72H,33-39H2,1H3,(H,64,76)(H,65,73)/t41-,54-,55-,56-,57+,58+,63-/m1/s1. The molecule has 1 aromatic heterocycles. The highest BCUT2D eigenvalue weighted by atomic mass is 16.6. The largest absolute Gasteiger partial charge is 0.491 e. The number of rotatable bonds is 12. The number of hydrogen-bond acceptors (Lipinski definition) is 12. The Kier molecular flexibility index (Phi) is 13.9. The van der Waals surface area contributed by atoms with Gasteiger partial charge in [-0.3, -0.25) is 19.3 Å². The van der Waals surface area contributed by atoms with Gasteiger partial charge in [0.05, 0.1) is 55.1 Å². The van der Waals surface area contributed by atoms with Crippen molar-refractivity contribution in [2.45, 2.75) is 49.2 Å². The molecule has 12 rings (SSSR count). The number of morpholine rings is 2. The summed E-state index contributed by atoms with van der Waals surface area (Å²) in [5.74, 6) is 3.09. The van der Waals surface area contributed by atoms with E-state index in [1.807, 2.05) is 151 Å². The molecule has 7 atom stereocenters.